The smallest absolute Gasteiger partial charge is 0.0355 e. The highest BCUT2D eigenvalue weighted by Gasteiger charge is 1.94. The van der Waals surface area contributed by atoms with Gasteiger partial charge in [-0.25, -0.2) is 0 Å². The minimum atomic E-state index is 0.446. The molecule has 0 fully saturated rings. The van der Waals surface area contributed by atoms with Crippen LogP contribution in [0.1, 0.15) is 20.8 Å². The first-order valence-corrected chi connectivity index (χ1v) is 5.30. The summed E-state index contributed by atoms with van der Waals surface area (Å²) in [5.41, 5.74) is 0. The monoisotopic (exact) mass is 144 g/mol. The molecule has 9 heavy (non-hydrogen) atoms. The van der Waals surface area contributed by atoms with Crippen molar-refractivity contribution in [3.63, 3.8) is 0 Å². The van der Waals surface area contributed by atoms with Gasteiger partial charge in [0.05, 0.1) is 0 Å². The van der Waals surface area contributed by atoms with E-state index in [0.717, 1.165) is 0 Å². The van der Waals surface area contributed by atoms with E-state index in [1.165, 1.54) is 18.5 Å². The predicted octanol–water partition coefficient (Wildman–Crippen LogP) is 2.78. The molecule has 0 aromatic rings. The third-order valence-corrected chi connectivity index (χ3v) is 4.02. The lowest BCUT2D eigenvalue weighted by molar-refractivity contribution is 1.35. The van der Waals surface area contributed by atoms with Crippen LogP contribution < -0.4 is 0 Å². The number of hydrogen-bond donors (Lipinski definition) is 0. The van der Waals surface area contributed by atoms with Crippen LogP contribution in [0.25, 0.3) is 0 Å². The number of terminal acetylenes is 1. The third kappa shape index (κ3) is 7.99. The Bertz CT molecular complexity index is 47.3. The van der Waals surface area contributed by atoms with Gasteiger partial charge in [0.2, 0.25) is 0 Å². The molecule has 0 saturated heterocycles. The average Bonchev–Trinajstić information content (AvgIpc) is 1.96. The first-order valence-electron chi connectivity index (χ1n) is 3.40. The highest BCUT2D eigenvalue weighted by molar-refractivity contribution is 7.57. The zero-order chi connectivity index (χ0) is 7.70. The SMILES string of the molecule is C#C.CCP(CC)CC. The van der Waals surface area contributed by atoms with E-state index in [1.54, 1.807) is 0 Å². The Kier molecular flexibility index (Phi) is 14.2. The van der Waals surface area contributed by atoms with Gasteiger partial charge in [-0.05, 0) is 18.5 Å². The summed E-state index contributed by atoms with van der Waals surface area (Å²) in [5.74, 6) is 0. The van der Waals surface area contributed by atoms with Gasteiger partial charge >= 0.3 is 0 Å². The molecule has 0 aromatic heterocycles. The van der Waals surface area contributed by atoms with Crippen LogP contribution in [0.15, 0.2) is 0 Å². The van der Waals surface area contributed by atoms with Gasteiger partial charge in [0, 0.05) is 0 Å². The minimum absolute atomic E-state index is 0.446. The second kappa shape index (κ2) is 10.9. The van der Waals surface area contributed by atoms with Crippen molar-refractivity contribution in [1.82, 2.24) is 0 Å². The van der Waals surface area contributed by atoms with Gasteiger partial charge < -0.3 is 0 Å². The van der Waals surface area contributed by atoms with Crippen LogP contribution in [0.3, 0.4) is 0 Å². The lowest BCUT2D eigenvalue weighted by Crippen LogP contribution is -1.83. The lowest BCUT2D eigenvalue weighted by Gasteiger charge is -2.07. The van der Waals surface area contributed by atoms with Crippen LogP contribution in [0.4, 0.5) is 0 Å². The fourth-order valence-corrected chi connectivity index (χ4v) is 2.01. The van der Waals surface area contributed by atoms with E-state index in [2.05, 4.69) is 33.6 Å². The van der Waals surface area contributed by atoms with E-state index < -0.39 is 0 Å². The Morgan fingerprint density at radius 3 is 1.11 bits per heavy atom. The molecule has 0 saturated carbocycles. The molecule has 0 unspecified atom stereocenters. The van der Waals surface area contributed by atoms with Gasteiger partial charge in [0.25, 0.3) is 0 Å². The summed E-state index contributed by atoms with van der Waals surface area (Å²) in [6.45, 7) is 6.87. The lowest BCUT2D eigenvalue weighted by atomic mass is 10.9. The molecule has 0 spiro atoms. The topological polar surface area (TPSA) is 0 Å². The summed E-state index contributed by atoms with van der Waals surface area (Å²) in [4.78, 5) is 0. The molecule has 0 aliphatic heterocycles. The molecule has 0 nitrogen and oxygen atoms in total. The Balaban J connectivity index is 0. The maximum absolute atomic E-state index is 4.00. The molecule has 0 aliphatic carbocycles. The molecule has 1 heteroatoms. The van der Waals surface area contributed by atoms with E-state index in [0.29, 0.717) is 7.92 Å². The summed E-state index contributed by atoms with van der Waals surface area (Å²) in [5, 5.41) is 0. The fourth-order valence-electron chi connectivity index (χ4n) is 0.671. The third-order valence-electron chi connectivity index (χ3n) is 1.34. The Hall–Kier alpha value is -0.0100. The second-order valence-corrected chi connectivity index (χ2v) is 4.86. The standard InChI is InChI=1S/C6H15P.C2H2/c1-4-7(5-2)6-3;1-2/h4-6H2,1-3H3;1-2H. The van der Waals surface area contributed by atoms with Gasteiger partial charge in [0.15, 0.2) is 0 Å². The summed E-state index contributed by atoms with van der Waals surface area (Å²) >= 11 is 0. The van der Waals surface area contributed by atoms with Crippen LogP contribution in [-0.2, 0) is 0 Å². The van der Waals surface area contributed by atoms with Crippen molar-refractivity contribution >= 4 is 7.92 Å². The molecular weight excluding hydrogens is 127 g/mol. The number of hydrogen-bond acceptors (Lipinski definition) is 0. The van der Waals surface area contributed by atoms with Gasteiger partial charge in [-0.3, -0.25) is 0 Å². The van der Waals surface area contributed by atoms with E-state index in [-0.39, 0.29) is 0 Å². The maximum Gasteiger partial charge on any atom is -0.0355 e. The van der Waals surface area contributed by atoms with E-state index in [9.17, 15) is 0 Å². The fraction of sp³-hybridized carbons (Fsp3) is 0.750. The van der Waals surface area contributed by atoms with Gasteiger partial charge in [-0.15, -0.1) is 20.8 Å². The van der Waals surface area contributed by atoms with Crippen LogP contribution in [0.2, 0.25) is 0 Å². The summed E-state index contributed by atoms with van der Waals surface area (Å²) in [6.07, 6.45) is 12.3. The molecule has 0 heterocycles. The Labute approximate surface area is 60.8 Å². The van der Waals surface area contributed by atoms with Crippen LogP contribution in [0, 0.1) is 12.8 Å². The van der Waals surface area contributed by atoms with Crippen molar-refractivity contribution in [3.8, 4) is 12.8 Å². The largest absolute Gasteiger partial charge is 0.124 e. The Morgan fingerprint density at radius 2 is 1.11 bits per heavy atom. The molecule has 0 bridgehead atoms. The van der Waals surface area contributed by atoms with Crippen LogP contribution in [0.5, 0.6) is 0 Å². The van der Waals surface area contributed by atoms with E-state index >= 15 is 0 Å². The van der Waals surface area contributed by atoms with Gasteiger partial charge in [-0.2, -0.15) is 0 Å². The molecule has 0 rings (SSSR count). The first-order chi connectivity index (χ1) is 4.35. The highest BCUT2D eigenvalue weighted by Crippen LogP contribution is 2.32. The molecule has 0 amide bonds. The van der Waals surface area contributed by atoms with Crippen molar-refractivity contribution in [1.29, 1.82) is 0 Å². The molecule has 0 aliphatic rings. The normalized spacial score (nSPS) is 8.22. The second-order valence-electron chi connectivity index (χ2n) is 1.62. The van der Waals surface area contributed by atoms with Crippen LogP contribution in [-0.4, -0.2) is 18.5 Å². The highest BCUT2D eigenvalue weighted by atomic mass is 31.1. The predicted molar refractivity (Wildman–Crippen MR) is 48.4 cm³/mol. The average molecular weight is 144 g/mol. The number of rotatable bonds is 3. The molecule has 0 N–H and O–H groups in total. The molecule has 0 atom stereocenters. The molecule has 0 aromatic carbocycles. The summed E-state index contributed by atoms with van der Waals surface area (Å²) < 4.78 is 0. The van der Waals surface area contributed by atoms with Crippen molar-refractivity contribution in [2.45, 2.75) is 20.8 Å². The van der Waals surface area contributed by atoms with Gasteiger partial charge in [0.1, 0.15) is 0 Å². The molecular formula is C8H17P. The molecule has 0 radical (unpaired) electrons. The van der Waals surface area contributed by atoms with E-state index in [1.807, 2.05) is 0 Å². The van der Waals surface area contributed by atoms with Crippen molar-refractivity contribution in [3.05, 3.63) is 0 Å². The van der Waals surface area contributed by atoms with E-state index in [4.69, 9.17) is 0 Å². The maximum atomic E-state index is 4.00. The summed E-state index contributed by atoms with van der Waals surface area (Å²) in [6, 6.07) is 0. The Morgan fingerprint density at radius 1 is 0.889 bits per heavy atom. The molecule has 54 valence electrons. The zero-order valence-electron chi connectivity index (χ0n) is 6.72. The quantitative estimate of drug-likeness (QED) is 0.422. The minimum Gasteiger partial charge on any atom is -0.124 e. The van der Waals surface area contributed by atoms with Gasteiger partial charge in [-0.1, -0.05) is 20.8 Å². The van der Waals surface area contributed by atoms with Crippen LogP contribution >= 0.6 is 7.92 Å². The van der Waals surface area contributed by atoms with Crippen molar-refractivity contribution in [2.75, 3.05) is 18.5 Å². The first kappa shape index (κ1) is 11.7. The zero-order valence-corrected chi connectivity index (χ0v) is 7.62. The summed E-state index contributed by atoms with van der Waals surface area (Å²) in [7, 11) is 0.446. The van der Waals surface area contributed by atoms with Crippen molar-refractivity contribution < 1.29 is 0 Å². The van der Waals surface area contributed by atoms with Crippen molar-refractivity contribution in [2.24, 2.45) is 0 Å².